The molecule has 0 aliphatic heterocycles. The molecular weight excluding hydrogens is 188 g/mol. The fourth-order valence-corrected chi connectivity index (χ4v) is 0.859. The molecule has 5 heteroatoms. The van der Waals surface area contributed by atoms with E-state index in [1.807, 2.05) is 0 Å². The summed E-state index contributed by atoms with van der Waals surface area (Å²) < 4.78 is 25.3. The highest BCUT2D eigenvalue weighted by molar-refractivity contribution is 6.32. The monoisotopic (exact) mass is 189 g/mol. The number of nitriles is 1. The normalized spacial score (nSPS) is 9.50. The fourth-order valence-electron chi connectivity index (χ4n) is 0.667. The van der Waals surface area contributed by atoms with Crippen molar-refractivity contribution >= 4 is 11.6 Å². The molecule has 2 nitrogen and oxygen atoms in total. The van der Waals surface area contributed by atoms with Gasteiger partial charge in [-0.2, -0.15) is 5.26 Å². The van der Waals surface area contributed by atoms with E-state index in [0.29, 0.717) is 6.07 Å². The zero-order valence-electron chi connectivity index (χ0n) is 5.61. The molecule has 0 atom stereocenters. The lowest BCUT2D eigenvalue weighted by Gasteiger charge is -2.00. The molecule has 1 aromatic rings. The molecule has 0 radical (unpaired) electrons. The predicted octanol–water partition coefficient (Wildman–Crippen LogP) is 2.20. The molecule has 0 spiro atoms. The Labute approximate surface area is 71.6 Å². The Hall–Kier alpha value is -1.34. The van der Waals surface area contributed by atoms with E-state index in [2.05, 4.69) is 0 Å². The van der Waals surface area contributed by atoms with Crippen molar-refractivity contribution < 1.29 is 13.9 Å². The van der Waals surface area contributed by atoms with Crippen LogP contribution in [0.5, 0.6) is 5.75 Å². The zero-order chi connectivity index (χ0) is 9.30. The number of benzene rings is 1. The second-order valence-corrected chi connectivity index (χ2v) is 2.37. The van der Waals surface area contributed by atoms with Crippen LogP contribution >= 0.6 is 11.6 Å². The van der Waals surface area contributed by atoms with E-state index >= 15 is 0 Å². The third-order valence-electron chi connectivity index (χ3n) is 1.25. The summed E-state index contributed by atoms with van der Waals surface area (Å²) in [7, 11) is 0. The summed E-state index contributed by atoms with van der Waals surface area (Å²) in [6.45, 7) is 0. The van der Waals surface area contributed by atoms with Gasteiger partial charge in [-0.3, -0.25) is 0 Å². The van der Waals surface area contributed by atoms with Crippen molar-refractivity contribution in [1.29, 1.82) is 5.26 Å². The van der Waals surface area contributed by atoms with Crippen LogP contribution < -0.4 is 0 Å². The minimum atomic E-state index is -1.11. The van der Waals surface area contributed by atoms with E-state index in [9.17, 15) is 8.78 Å². The first-order valence-corrected chi connectivity index (χ1v) is 3.22. The molecule has 0 saturated carbocycles. The van der Waals surface area contributed by atoms with Crippen LogP contribution in [-0.4, -0.2) is 5.11 Å². The van der Waals surface area contributed by atoms with Crippen LogP contribution in [0, 0.1) is 23.0 Å². The average molecular weight is 190 g/mol. The fraction of sp³-hybridized carbons (Fsp3) is 0. The van der Waals surface area contributed by atoms with Gasteiger partial charge in [-0.1, -0.05) is 11.6 Å². The van der Waals surface area contributed by atoms with Crippen molar-refractivity contribution in [2.45, 2.75) is 0 Å². The second kappa shape index (κ2) is 2.95. The van der Waals surface area contributed by atoms with Crippen molar-refractivity contribution in [2.75, 3.05) is 0 Å². The van der Waals surface area contributed by atoms with Gasteiger partial charge in [0.25, 0.3) is 0 Å². The zero-order valence-corrected chi connectivity index (χ0v) is 6.36. The van der Waals surface area contributed by atoms with Gasteiger partial charge in [-0.25, -0.2) is 8.78 Å². The molecule has 62 valence electrons. The molecule has 0 saturated heterocycles. The van der Waals surface area contributed by atoms with Crippen LogP contribution in [0.3, 0.4) is 0 Å². The lowest BCUT2D eigenvalue weighted by atomic mass is 10.2. The summed E-state index contributed by atoms with van der Waals surface area (Å²) in [5.74, 6) is -3.20. The van der Waals surface area contributed by atoms with Crippen molar-refractivity contribution in [2.24, 2.45) is 0 Å². The first kappa shape index (κ1) is 8.75. The maximum atomic E-state index is 12.8. The van der Waals surface area contributed by atoms with Gasteiger partial charge >= 0.3 is 0 Å². The van der Waals surface area contributed by atoms with Crippen LogP contribution in [0.25, 0.3) is 0 Å². The van der Waals surface area contributed by atoms with Crippen LogP contribution in [0.1, 0.15) is 5.56 Å². The topological polar surface area (TPSA) is 44.0 Å². The Morgan fingerprint density at radius 2 is 2.08 bits per heavy atom. The standard InChI is InChI=1S/C7H2ClF2NO/c8-5-6(10)3(2-11)1-4(9)7(5)12/h1,12H. The Morgan fingerprint density at radius 1 is 1.50 bits per heavy atom. The van der Waals surface area contributed by atoms with Gasteiger partial charge in [-0.15, -0.1) is 0 Å². The van der Waals surface area contributed by atoms with E-state index < -0.39 is 28.0 Å². The van der Waals surface area contributed by atoms with Crippen LogP contribution in [0.15, 0.2) is 6.07 Å². The van der Waals surface area contributed by atoms with Gasteiger partial charge in [0.15, 0.2) is 17.4 Å². The highest BCUT2D eigenvalue weighted by atomic mass is 35.5. The van der Waals surface area contributed by atoms with E-state index in [4.69, 9.17) is 22.0 Å². The van der Waals surface area contributed by atoms with E-state index in [0.717, 1.165) is 0 Å². The summed E-state index contributed by atoms with van der Waals surface area (Å²) in [5.41, 5.74) is -0.532. The third-order valence-corrected chi connectivity index (χ3v) is 1.60. The first-order chi connectivity index (χ1) is 5.57. The number of nitrogens with zero attached hydrogens (tertiary/aromatic N) is 1. The van der Waals surface area contributed by atoms with Crippen molar-refractivity contribution in [3.63, 3.8) is 0 Å². The van der Waals surface area contributed by atoms with Crippen LogP contribution in [0.2, 0.25) is 5.02 Å². The quantitative estimate of drug-likeness (QED) is 0.636. The Kier molecular flexibility index (Phi) is 2.15. The molecule has 0 fully saturated rings. The van der Waals surface area contributed by atoms with Gasteiger partial charge in [0.2, 0.25) is 0 Å². The van der Waals surface area contributed by atoms with Crippen molar-refractivity contribution in [3.05, 3.63) is 28.3 Å². The smallest absolute Gasteiger partial charge is 0.173 e. The van der Waals surface area contributed by atoms with E-state index in [1.54, 1.807) is 0 Å². The molecule has 0 bridgehead atoms. The summed E-state index contributed by atoms with van der Waals surface area (Å²) in [6, 6.07) is 1.97. The summed E-state index contributed by atoms with van der Waals surface area (Å²) in [5, 5.41) is 16.2. The van der Waals surface area contributed by atoms with Crippen LogP contribution in [-0.2, 0) is 0 Å². The lowest BCUT2D eigenvalue weighted by Crippen LogP contribution is -1.89. The highest BCUT2D eigenvalue weighted by Crippen LogP contribution is 2.30. The van der Waals surface area contributed by atoms with Crippen LogP contribution in [0.4, 0.5) is 8.78 Å². The summed E-state index contributed by atoms with van der Waals surface area (Å²) >= 11 is 5.15. The molecule has 0 heterocycles. The number of phenols is 1. The van der Waals surface area contributed by atoms with Crippen molar-refractivity contribution in [3.8, 4) is 11.8 Å². The number of hydrogen-bond donors (Lipinski definition) is 1. The van der Waals surface area contributed by atoms with Gasteiger partial charge in [0.1, 0.15) is 11.1 Å². The number of rotatable bonds is 0. The highest BCUT2D eigenvalue weighted by Gasteiger charge is 2.15. The Balaban J connectivity index is 3.52. The number of phenolic OH excluding ortho intramolecular Hbond substituents is 1. The van der Waals surface area contributed by atoms with Crippen molar-refractivity contribution in [1.82, 2.24) is 0 Å². The number of aromatic hydroxyl groups is 1. The summed E-state index contributed by atoms with van der Waals surface area (Å²) in [6.07, 6.45) is 0. The molecule has 0 unspecified atom stereocenters. The molecule has 1 aromatic carbocycles. The molecule has 1 N–H and O–H groups in total. The summed E-state index contributed by atoms with van der Waals surface area (Å²) in [4.78, 5) is 0. The Bertz CT molecular complexity index is 373. The average Bonchev–Trinajstić information content (AvgIpc) is 2.08. The SMILES string of the molecule is N#Cc1cc(F)c(O)c(Cl)c1F. The predicted molar refractivity (Wildman–Crippen MR) is 37.7 cm³/mol. The van der Waals surface area contributed by atoms with E-state index in [1.165, 1.54) is 6.07 Å². The van der Waals surface area contributed by atoms with Gasteiger partial charge in [0.05, 0.1) is 5.56 Å². The lowest BCUT2D eigenvalue weighted by molar-refractivity contribution is 0.426. The van der Waals surface area contributed by atoms with E-state index in [-0.39, 0.29) is 0 Å². The molecule has 0 amide bonds. The molecule has 12 heavy (non-hydrogen) atoms. The minimum Gasteiger partial charge on any atom is -0.504 e. The maximum Gasteiger partial charge on any atom is 0.173 e. The number of halogens is 3. The molecule has 0 aliphatic rings. The largest absolute Gasteiger partial charge is 0.504 e. The van der Waals surface area contributed by atoms with Gasteiger partial charge < -0.3 is 5.11 Å². The molecule has 0 aromatic heterocycles. The van der Waals surface area contributed by atoms with Gasteiger partial charge in [0, 0.05) is 0 Å². The Morgan fingerprint density at radius 3 is 2.58 bits per heavy atom. The van der Waals surface area contributed by atoms with Gasteiger partial charge in [-0.05, 0) is 6.07 Å². The first-order valence-electron chi connectivity index (χ1n) is 2.84. The third kappa shape index (κ3) is 1.19. The molecular formula is C7H2ClF2NO. The maximum absolute atomic E-state index is 12.8. The number of hydrogen-bond acceptors (Lipinski definition) is 2. The molecule has 1 rings (SSSR count). The molecule has 0 aliphatic carbocycles. The second-order valence-electron chi connectivity index (χ2n) is 1.99. The minimum absolute atomic E-state index is 0.532.